The first-order chi connectivity index (χ1) is 32.8. The number of rotatable bonds is 10. The molecule has 0 saturated carbocycles. The van der Waals surface area contributed by atoms with Crippen molar-refractivity contribution in [3.05, 3.63) is 267 Å². The van der Waals surface area contributed by atoms with E-state index < -0.39 is 0 Å². The topological polar surface area (TPSA) is 6.48 Å². The largest absolute Gasteiger partial charge is 0.310 e. The smallest absolute Gasteiger partial charge is 0.0540 e. The van der Waals surface area contributed by atoms with Crippen LogP contribution in [0.4, 0.5) is 34.1 Å². The molecule has 0 bridgehead atoms. The third-order valence-corrected chi connectivity index (χ3v) is 13.0. The van der Waals surface area contributed by atoms with Crippen LogP contribution in [0.3, 0.4) is 0 Å². The molecule has 0 unspecified atom stereocenters. The van der Waals surface area contributed by atoms with Crippen molar-refractivity contribution in [1.29, 1.82) is 0 Å². The van der Waals surface area contributed by atoms with Gasteiger partial charge in [0.1, 0.15) is 0 Å². The van der Waals surface area contributed by atoms with Crippen LogP contribution >= 0.6 is 0 Å². The number of para-hydroxylation sites is 4. The molecule has 0 spiro atoms. The lowest BCUT2D eigenvalue weighted by Crippen LogP contribution is -2.11. The second-order valence-corrected chi connectivity index (χ2v) is 16.9. The van der Waals surface area contributed by atoms with Crippen molar-refractivity contribution in [3.8, 4) is 44.5 Å². The van der Waals surface area contributed by atoms with E-state index >= 15 is 0 Å². The van der Waals surface area contributed by atoms with Gasteiger partial charge in [0.25, 0.3) is 0 Å². The van der Waals surface area contributed by atoms with E-state index in [-0.39, 0.29) is 0 Å². The fourth-order valence-corrected chi connectivity index (χ4v) is 9.95. The van der Waals surface area contributed by atoms with Crippen molar-refractivity contribution in [3.63, 3.8) is 0 Å². The van der Waals surface area contributed by atoms with Gasteiger partial charge < -0.3 is 9.80 Å². The highest BCUT2D eigenvalue weighted by molar-refractivity contribution is 6.27. The lowest BCUT2D eigenvalue weighted by Gasteiger charge is -2.28. The Labute approximate surface area is 385 Å². The van der Waals surface area contributed by atoms with E-state index in [0.717, 1.165) is 34.1 Å². The lowest BCUT2D eigenvalue weighted by atomic mass is 9.87. The van der Waals surface area contributed by atoms with Crippen molar-refractivity contribution < 1.29 is 0 Å². The summed E-state index contributed by atoms with van der Waals surface area (Å²) in [4.78, 5) is 4.74. The highest BCUT2D eigenvalue weighted by atomic mass is 15.1. The van der Waals surface area contributed by atoms with Gasteiger partial charge in [-0.05, 0) is 126 Å². The zero-order valence-corrected chi connectivity index (χ0v) is 36.3. The van der Waals surface area contributed by atoms with E-state index in [1.165, 1.54) is 76.8 Å². The minimum atomic E-state index is 1.11. The van der Waals surface area contributed by atoms with E-state index in [9.17, 15) is 0 Å². The van der Waals surface area contributed by atoms with Crippen LogP contribution in [-0.4, -0.2) is 0 Å². The van der Waals surface area contributed by atoms with Crippen LogP contribution in [0.5, 0.6) is 0 Å². The monoisotopic (exact) mass is 840 g/mol. The fraction of sp³-hybridized carbons (Fsp3) is 0. The third-order valence-electron chi connectivity index (χ3n) is 13.0. The van der Waals surface area contributed by atoms with Gasteiger partial charge in [0.2, 0.25) is 0 Å². The molecule has 310 valence electrons. The van der Waals surface area contributed by atoms with Crippen LogP contribution in [0.25, 0.3) is 76.8 Å². The highest BCUT2D eigenvalue weighted by Gasteiger charge is 2.20. The Morgan fingerprint density at radius 1 is 0.197 bits per heavy atom. The molecule has 0 aromatic heterocycles. The van der Waals surface area contributed by atoms with E-state index in [1.54, 1.807) is 0 Å². The molecule has 0 heterocycles. The first-order valence-corrected chi connectivity index (χ1v) is 22.7. The molecular formula is C64H44N2. The van der Waals surface area contributed by atoms with Gasteiger partial charge in [0.15, 0.2) is 0 Å². The van der Waals surface area contributed by atoms with Gasteiger partial charge in [-0.15, -0.1) is 0 Å². The Hall–Kier alpha value is -8.72. The van der Waals surface area contributed by atoms with Gasteiger partial charge in [0, 0.05) is 33.9 Å². The Morgan fingerprint density at radius 2 is 0.500 bits per heavy atom. The van der Waals surface area contributed by atoms with Crippen molar-refractivity contribution in [1.82, 2.24) is 0 Å². The summed E-state index contributed by atoms with van der Waals surface area (Å²) in [6.07, 6.45) is 0. The first kappa shape index (κ1) is 38.9. The maximum atomic E-state index is 2.37. The SMILES string of the molecule is c1ccc(-c2ccccc2N(c2ccccc2)c2ccc(-c3ccc4ccc5c(-c6ccc(N(c7ccccc7)c7ccccc7-c7ccccc7)cc6)ccc6ccc3c4c65)cc2)cc1. The maximum absolute atomic E-state index is 2.37. The number of hydrogen-bond acceptors (Lipinski definition) is 2. The van der Waals surface area contributed by atoms with E-state index in [1.807, 2.05) is 0 Å². The fourth-order valence-electron chi connectivity index (χ4n) is 9.95. The molecule has 2 nitrogen and oxygen atoms in total. The van der Waals surface area contributed by atoms with Crippen LogP contribution in [0.15, 0.2) is 267 Å². The van der Waals surface area contributed by atoms with Gasteiger partial charge in [0.05, 0.1) is 11.4 Å². The molecule has 0 radical (unpaired) electrons. The minimum Gasteiger partial charge on any atom is -0.310 e. The third kappa shape index (κ3) is 6.93. The molecular weight excluding hydrogens is 797 g/mol. The Balaban J connectivity index is 0.929. The normalized spacial score (nSPS) is 11.3. The summed E-state index contributed by atoms with van der Waals surface area (Å²) in [6, 6.07) is 96.7. The molecule has 0 atom stereocenters. The predicted molar refractivity (Wildman–Crippen MR) is 281 cm³/mol. The van der Waals surface area contributed by atoms with Crippen molar-refractivity contribution in [2.45, 2.75) is 0 Å². The van der Waals surface area contributed by atoms with Gasteiger partial charge in [-0.3, -0.25) is 0 Å². The molecule has 0 fully saturated rings. The molecule has 0 amide bonds. The lowest BCUT2D eigenvalue weighted by molar-refractivity contribution is 1.28. The molecule has 0 aliphatic rings. The molecule has 2 heteroatoms. The maximum Gasteiger partial charge on any atom is 0.0540 e. The van der Waals surface area contributed by atoms with Crippen LogP contribution in [0, 0.1) is 0 Å². The number of hydrogen-bond donors (Lipinski definition) is 0. The van der Waals surface area contributed by atoms with E-state index in [4.69, 9.17) is 0 Å². The van der Waals surface area contributed by atoms with E-state index in [2.05, 4.69) is 277 Å². The van der Waals surface area contributed by atoms with Crippen molar-refractivity contribution in [2.24, 2.45) is 0 Å². The molecule has 12 aromatic carbocycles. The zero-order chi connectivity index (χ0) is 43.8. The Morgan fingerprint density at radius 3 is 0.894 bits per heavy atom. The molecule has 0 N–H and O–H groups in total. The van der Waals surface area contributed by atoms with Crippen LogP contribution < -0.4 is 9.80 Å². The van der Waals surface area contributed by atoms with Crippen molar-refractivity contribution >= 4 is 66.4 Å². The van der Waals surface area contributed by atoms with Gasteiger partial charge >= 0.3 is 0 Å². The van der Waals surface area contributed by atoms with Crippen LogP contribution in [0.1, 0.15) is 0 Å². The minimum absolute atomic E-state index is 1.11. The molecule has 66 heavy (non-hydrogen) atoms. The summed E-state index contributed by atoms with van der Waals surface area (Å²) in [6.45, 7) is 0. The van der Waals surface area contributed by atoms with Crippen LogP contribution in [-0.2, 0) is 0 Å². The molecule has 0 saturated heterocycles. The molecule has 12 rings (SSSR count). The van der Waals surface area contributed by atoms with Gasteiger partial charge in [-0.25, -0.2) is 0 Å². The Kier molecular flexibility index (Phi) is 9.89. The predicted octanol–water partition coefficient (Wildman–Crippen LogP) is 18.2. The number of nitrogens with zero attached hydrogens (tertiary/aromatic N) is 2. The number of benzene rings is 12. The summed E-state index contributed by atoms with van der Waals surface area (Å²) in [5.74, 6) is 0. The second kappa shape index (κ2) is 16.8. The number of anilines is 6. The standard InChI is InChI=1S/C64H44N2/c1-5-17-45(18-6-1)57-25-13-15-27-61(57)65(51-21-9-3-10-22-51)53-37-29-47(30-38-53)55-41-33-49-36-44-60-56(42-34-50-35-43-59(55)63(49)64(50)60)48-31-39-54(40-32-48)66(52-23-11-4-12-24-52)62-28-16-14-26-58(62)46-19-7-2-8-20-46/h1-44H. The van der Waals surface area contributed by atoms with Gasteiger partial charge in [-0.2, -0.15) is 0 Å². The second-order valence-electron chi connectivity index (χ2n) is 16.9. The average Bonchev–Trinajstić information content (AvgIpc) is 3.40. The Bertz CT molecular complexity index is 3360. The highest BCUT2D eigenvalue weighted by Crippen LogP contribution is 2.46. The molecule has 0 aliphatic carbocycles. The summed E-state index contributed by atoms with van der Waals surface area (Å²) in [7, 11) is 0. The van der Waals surface area contributed by atoms with E-state index in [0.29, 0.717) is 0 Å². The van der Waals surface area contributed by atoms with Crippen LogP contribution in [0.2, 0.25) is 0 Å². The summed E-state index contributed by atoms with van der Waals surface area (Å²) in [5, 5.41) is 7.63. The van der Waals surface area contributed by atoms with Crippen molar-refractivity contribution in [2.75, 3.05) is 9.80 Å². The first-order valence-electron chi connectivity index (χ1n) is 22.7. The molecule has 0 aliphatic heterocycles. The summed E-state index contributed by atoms with van der Waals surface area (Å²) < 4.78 is 0. The summed E-state index contributed by atoms with van der Waals surface area (Å²) >= 11 is 0. The molecule has 12 aromatic rings. The summed E-state index contributed by atoms with van der Waals surface area (Å²) in [5.41, 5.74) is 16.3. The average molecular weight is 841 g/mol. The quantitative estimate of drug-likeness (QED) is 0.127. The zero-order valence-electron chi connectivity index (χ0n) is 36.3. The van der Waals surface area contributed by atoms with Gasteiger partial charge in [-0.1, -0.05) is 206 Å².